The molecule has 0 aliphatic rings. The van der Waals surface area contributed by atoms with E-state index in [4.69, 9.17) is 11.6 Å². The van der Waals surface area contributed by atoms with Gasteiger partial charge in [-0.1, -0.05) is 11.6 Å². The van der Waals surface area contributed by atoms with Crippen molar-refractivity contribution in [3.63, 3.8) is 0 Å². The third kappa shape index (κ3) is 1.81. The average Bonchev–Trinajstić information content (AvgIpc) is 1.90. The highest BCUT2D eigenvalue weighted by Gasteiger charge is 1.87. The van der Waals surface area contributed by atoms with Crippen LogP contribution in [0.1, 0.15) is 0 Å². The lowest BCUT2D eigenvalue weighted by atomic mass is 10.5. The van der Waals surface area contributed by atoms with E-state index in [1.165, 1.54) is 6.20 Å². The van der Waals surface area contributed by atoms with Crippen LogP contribution in [0.5, 0.6) is 0 Å². The largest absolute Gasteiger partial charge is 0.325 e. The first-order valence-electron chi connectivity index (χ1n) is 2.39. The molecule has 0 N–H and O–H groups in total. The van der Waals surface area contributed by atoms with Crippen molar-refractivity contribution in [3.05, 3.63) is 23.5 Å². The van der Waals surface area contributed by atoms with Crippen LogP contribution in [0.3, 0.4) is 0 Å². The molecule has 0 spiro atoms. The normalized spacial score (nSPS) is 10.8. The first-order chi connectivity index (χ1) is 4.33. The van der Waals surface area contributed by atoms with Gasteiger partial charge in [-0.2, -0.15) is 0 Å². The third-order valence-corrected chi connectivity index (χ3v) is 1.72. The Bertz CT molecular complexity index is 211. The van der Waals surface area contributed by atoms with Crippen molar-refractivity contribution in [2.75, 3.05) is 0 Å². The fraction of sp³-hybridized carbons (Fsp3) is 0. The van der Waals surface area contributed by atoms with E-state index in [2.05, 4.69) is 4.98 Å². The maximum absolute atomic E-state index is 10.2. The van der Waals surface area contributed by atoms with Crippen LogP contribution in [-0.4, -0.2) is 4.98 Å². The van der Waals surface area contributed by atoms with E-state index >= 15 is 0 Å². The second-order valence-electron chi connectivity index (χ2n) is 1.53. The molecule has 0 aliphatic heterocycles. The molecule has 2 nitrogen and oxygen atoms in total. The number of hydrogen-bond donors (Lipinski definition) is 0. The van der Waals surface area contributed by atoms with E-state index in [1.807, 2.05) is 0 Å². The summed E-state index contributed by atoms with van der Waals surface area (Å²) in [5, 5.41) is 1.19. The van der Waals surface area contributed by atoms with Gasteiger partial charge >= 0.3 is 0 Å². The fourth-order valence-electron chi connectivity index (χ4n) is 0.457. The molecular formula is C5H5ClNOP. The number of halogens is 1. The van der Waals surface area contributed by atoms with E-state index in [0.29, 0.717) is 5.15 Å². The molecule has 4 heteroatoms. The van der Waals surface area contributed by atoms with E-state index in [1.54, 1.807) is 12.1 Å². The molecule has 1 aromatic rings. The lowest BCUT2D eigenvalue weighted by molar-refractivity contribution is 0.603. The third-order valence-electron chi connectivity index (χ3n) is 0.886. The number of nitrogens with zero attached hydrogens (tertiary/aromatic N) is 1. The Morgan fingerprint density at radius 2 is 2.33 bits per heavy atom. The predicted molar refractivity (Wildman–Crippen MR) is 39.3 cm³/mol. The van der Waals surface area contributed by atoms with Crippen LogP contribution in [0.25, 0.3) is 0 Å². The van der Waals surface area contributed by atoms with Gasteiger partial charge in [0.2, 0.25) is 0 Å². The highest BCUT2D eigenvalue weighted by Crippen LogP contribution is 2.01. The highest BCUT2D eigenvalue weighted by atomic mass is 35.5. The van der Waals surface area contributed by atoms with Crippen LogP contribution in [0, 0.1) is 0 Å². The summed E-state index contributed by atoms with van der Waals surface area (Å²) < 4.78 is 10.2. The first-order valence-corrected chi connectivity index (χ1v) is 3.82. The minimum Gasteiger partial charge on any atom is -0.325 e. The molecule has 1 rings (SSSR count). The summed E-state index contributed by atoms with van der Waals surface area (Å²) in [6, 6.07) is 3.33. The van der Waals surface area contributed by atoms with Crippen molar-refractivity contribution < 1.29 is 4.57 Å². The van der Waals surface area contributed by atoms with Gasteiger partial charge in [-0.05, 0) is 12.1 Å². The van der Waals surface area contributed by atoms with Crippen LogP contribution in [-0.2, 0) is 4.57 Å². The smallest absolute Gasteiger partial charge is 0.129 e. The van der Waals surface area contributed by atoms with Gasteiger partial charge in [0.05, 0.1) is 8.46 Å². The van der Waals surface area contributed by atoms with Gasteiger partial charge in [-0.25, -0.2) is 4.98 Å². The molecule has 0 saturated heterocycles. The highest BCUT2D eigenvalue weighted by molar-refractivity contribution is 7.34. The van der Waals surface area contributed by atoms with E-state index in [9.17, 15) is 4.57 Å². The molecule has 1 aromatic heterocycles. The van der Waals surface area contributed by atoms with Crippen molar-refractivity contribution in [3.8, 4) is 0 Å². The van der Waals surface area contributed by atoms with Crippen LogP contribution < -0.4 is 5.30 Å². The molecule has 48 valence electrons. The van der Waals surface area contributed by atoms with Crippen LogP contribution in [0.4, 0.5) is 0 Å². The predicted octanol–water partition coefficient (Wildman–Crippen LogP) is 1.12. The van der Waals surface area contributed by atoms with Crippen molar-refractivity contribution in [1.29, 1.82) is 0 Å². The van der Waals surface area contributed by atoms with Crippen molar-refractivity contribution in [1.82, 2.24) is 4.98 Å². The number of pyridine rings is 1. The Labute approximate surface area is 59.1 Å². The fourth-order valence-corrected chi connectivity index (χ4v) is 0.879. The van der Waals surface area contributed by atoms with Gasteiger partial charge in [0, 0.05) is 11.5 Å². The zero-order chi connectivity index (χ0) is 6.69. The molecule has 0 saturated carbocycles. The quantitative estimate of drug-likeness (QED) is 0.456. The Morgan fingerprint density at radius 3 is 2.78 bits per heavy atom. The Kier molecular flexibility index (Phi) is 2.26. The summed E-state index contributed by atoms with van der Waals surface area (Å²) in [4.78, 5) is 3.74. The zero-order valence-electron chi connectivity index (χ0n) is 4.54. The molecule has 0 amide bonds. The molecule has 0 aliphatic carbocycles. The molecule has 0 aromatic carbocycles. The van der Waals surface area contributed by atoms with E-state index < -0.39 is 8.46 Å². The van der Waals surface area contributed by atoms with Crippen LogP contribution in [0.15, 0.2) is 18.3 Å². The summed E-state index contributed by atoms with van der Waals surface area (Å²) in [6.07, 6.45) is 1.52. The van der Waals surface area contributed by atoms with Gasteiger partial charge < -0.3 is 4.57 Å². The van der Waals surface area contributed by atoms with Crippen molar-refractivity contribution >= 4 is 25.4 Å². The van der Waals surface area contributed by atoms with Crippen LogP contribution >= 0.6 is 20.1 Å². The maximum atomic E-state index is 10.2. The molecule has 0 radical (unpaired) electrons. The first kappa shape index (κ1) is 6.79. The minimum absolute atomic E-state index is 0.437. The maximum Gasteiger partial charge on any atom is 0.129 e. The lowest BCUT2D eigenvalue weighted by Crippen LogP contribution is -1.90. The van der Waals surface area contributed by atoms with Gasteiger partial charge in [-0.3, -0.25) is 0 Å². The minimum atomic E-state index is -0.870. The molecule has 1 atom stereocenters. The van der Waals surface area contributed by atoms with E-state index in [-0.39, 0.29) is 0 Å². The Morgan fingerprint density at radius 1 is 1.56 bits per heavy atom. The van der Waals surface area contributed by atoms with Gasteiger partial charge in [0.1, 0.15) is 5.15 Å². The molecule has 1 unspecified atom stereocenters. The number of rotatable bonds is 1. The average molecular weight is 162 g/mol. The Hall–Kier alpha value is -0.330. The van der Waals surface area contributed by atoms with Gasteiger partial charge in [0.15, 0.2) is 0 Å². The van der Waals surface area contributed by atoms with Gasteiger partial charge in [0.25, 0.3) is 0 Å². The summed E-state index contributed by atoms with van der Waals surface area (Å²) in [5.74, 6) is 0. The number of aromatic nitrogens is 1. The topological polar surface area (TPSA) is 30.0 Å². The van der Waals surface area contributed by atoms with Gasteiger partial charge in [-0.15, -0.1) is 0 Å². The summed E-state index contributed by atoms with van der Waals surface area (Å²) >= 11 is 5.46. The zero-order valence-corrected chi connectivity index (χ0v) is 6.45. The molecule has 0 fully saturated rings. The summed E-state index contributed by atoms with van der Waals surface area (Å²) in [6.45, 7) is 0. The summed E-state index contributed by atoms with van der Waals surface area (Å²) in [5.41, 5.74) is 0. The van der Waals surface area contributed by atoms with Crippen molar-refractivity contribution in [2.45, 2.75) is 0 Å². The molecule has 1 heterocycles. The Balaban J connectivity index is 3.01. The number of hydrogen-bond acceptors (Lipinski definition) is 2. The van der Waals surface area contributed by atoms with Crippen molar-refractivity contribution in [2.24, 2.45) is 0 Å². The monoisotopic (exact) mass is 161 g/mol. The molecule has 0 bridgehead atoms. The SMILES string of the molecule is O=[PH2]c1ccc(Cl)nc1. The molecule has 9 heavy (non-hydrogen) atoms. The standard InChI is InChI=1S/C5H5ClNOP/c6-5-2-1-4(9-8)3-7-5/h1-3H,9H2. The summed E-state index contributed by atoms with van der Waals surface area (Å²) in [7, 11) is -0.870. The van der Waals surface area contributed by atoms with Crippen LogP contribution in [0.2, 0.25) is 5.15 Å². The van der Waals surface area contributed by atoms with E-state index in [0.717, 1.165) is 5.30 Å². The molecular weight excluding hydrogens is 156 g/mol. The second kappa shape index (κ2) is 3.00. The second-order valence-corrected chi connectivity index (χ2v) is 2.82. The lowest BCUT2D eigenvalue weighted by Gasteiger charge is -1.87.